The number of aryl methyl sites for hydroxylation is 2. The van der Waals surface area contributed by atoms with E-state index in [1.54, 1.807) is 11.3 Å². The molecule has 1 nitrogen and oxygen atoms in total. The molecular formula is C14H15BrClNS. The van der Waals surface area contributed by atoms with Crippen molar-refractivity contribution < 1.29 is 0 Å². The van der Waals surface area contributed by atoms with E-state index in [9.17, 15) is 0 Å². The molecule has 1 atom stereocenters. The lowest BCUT2D eigenvalue weighted by Gasteiger charge is -2.17. The van der Waals surface area contributed by atoms with E-state index in [4.69, 9.17) is 11.6 Å². The van der Waals surface area contributed by atoms with Crippen LogP contribution in [0.15, 0.2) is 28.7 Å². The van der Waals surface area contributed by atoms with Gasteiger partial charge in [-0.05, 0) is 60.1 Å². The Morgan fingerprint density at radius 2 is 2.00 bits per heavy atom. The minimum atomic E-state index is 0.131. The van der Waals surface area contributed by atoms with E-state index in [2.05, 4.69) is 53.3 Å². The largest absolute Gasteiger partial charge is 0.309 e. The number of hydrogen-bond acceptors (Lipinski definition) is 2. The highest BCUT2D eigenvalue weighted by molar-refractivity contribution is 9.10. The van der Waals surface area contributed by atoms with E-state index in [1.807, 2.05) is 13.1 Å². The van der Waals surface area contributed by atoms with Gasteiger partial charge in [0.15, 0.2) is 0 Å². The van der Waals surface area contributed by atoms with E-state index in [0.717, 1.165) is 15.1 Å². The van der Waals surface area contributed by atoms with Crippen LogP contribution in [0.4, 0.5) is 0 Å². The zero-order valence-corrected chi connectivity index (χ0v) is 13.7. The highest BCUT2D eigenvalue weighted by Crippen LogP contribution is 2.37. The first-order valence-electron chi connectivity index (χ1n) is 5.72. The molecule has 1 aromatic heterocycles. The Morgan fingerprint density at radius 1 is 1.28 bits per heavy atom. The van der Waals surface area contributed by atoms with Crippen LogP contribution in [0.1, 0.15) is 26.9 Å². The molecule has 96 valence electrons. The Labute approximate surface area is 125 Å². The Bertz CT molecular complexity index is 565. The number of thiophene rings is 1. The molecule has 0 saturated heterocycles. The molecule has 1 heterocycles. The maximum Gasteiger partial charge on any atom is 0.0694 e. The molecule has 0 aliphatic carbocycles. The first-order chi connectivity index (χ1) is 8.52. The minimum absolute atomic E-state index is 0.131. The lowest BCUT2D eigenvalue weighted by molar-refractivity contribution is 0.701. The molecule has 1 N–H and O–H groups in total. The monoisotopic (exact) mass is 343 g/mol. The van der Waals surface area contributed by atoms with Gasteiger partial charge in [0.1, 0.15) is 0 Å². The van der Waals surface area contributed by atoms with Crippen molar-refractivity contribution in [2.24, 2.45) is 0 Å². The second-order valence-corrected chi connectivity index (χ2v) is 6.87. The van der Waals surface area contributed by atoms with Gasteiger partial charge in [-0.25, -0.2) is 0 Å². The summed E-state index contributed by atoms with van der Waals surface area (Å²) < 4.78 is 1.14. The van der Waals surface area contributed by atoms with Crippen molar-refractivity contribution in [3.63, 3.8) is 0 Å². The van der Waals surface area contributed by atoms with E-state index >= 15 is 0 Å². The van der Waals surface area contributed by atoms with Gasteiger partial charge in [-0.15, -0.1) is 11.3 Å². The molecule has 0 bridgehead atoms. The molecule has 0 saturated carbocycles. The standard InChI is InChI=1S/C14H15BrClNS/c1-8-4-5-10(12(16)6-8)13(17-3)14-11(15)7-9(2)18-14/h4-7,13,17H,1-3H3. The summed E-state index contributed by atoms with van der Waals surface area (Å²) in [5.74, 6) is 0. The molecule has 1 aromatic carbocycles. The summed E-state index contributed by atoms with van der Waals surface area (Å²) in [6.07, 6.45) is 0. The molecule has 0 radical (unpaired) electrons. The van der Waals surface area contributed by atoms with Gasteiger partial charge >= 0.3 is 0 Å². The third-order valence-corrected chi connectivity index (χ3v) is 5.22. The van der Waals surface area contributed by atoms with Gasteiger partial charge in [0.2, 0.25) is 0 Å². The first kappa shape index (κ1) is 14.1. The van der Waals surface area contributed by atoms with Crippen LogP contribution in [0.2, 0.25) is 5.02 Å². The highest BCUT2D eigenvalue weighted by Gasteiger charge is 2.19. The number of benzene rings is 1. The van der Waals surface area contributed by atoms with Crippen molar-refractivity contribution in [3.8, 4) is 0 Å². The van der Waals surface area contributed by atoms with Gasteiger partial charge in [-0.1, -0.05) is 23.7 Å². The fourth-order valence-electron chi connectivity index (χ4n) is 1.99. The summed E-state index contributed by atoms with van der Waals surface area (Å²) in [4.78, 5) is 2.56. The topological polar surface area (TPSA) is 12.0 Å². The van der Waals surface area contributed by atoms with Gasteiger partial charge in [0.25, 0.3) is 0 Å². The summed E-state index contributed by atoms with van der Waals surface area (Å²) in [6.45, 7) is 4.16. The SMILES string of the molecule is CNC(c1ccc(C)cc1Cl)c1sc(C)cc1Br. The van der Waals surface area contributed by atoms with Gasteiger partial charge < -0.3 is 5.32 Å². The van der Waals surface area contributed by atoms with Crippen LogP contribution in [0.5, 0.6) is 0 Å². The number of halogens is 2. The van der Waals surface area contributed by atoms with Crippen LogP contribution in [-0.2, 0) is 0 Å². The Kier molecular flexibility index (Phi) is 4.49. The normalized spacial score (nSPS) is 12.7. The molecular weight excluding hydrogens is 330 g/mol. The Morgan fingerprint density at radius 3 is 2.50 bits per heavy atom. The zero-order valence-electron chi connectivity index (χ0n) is 10.6. The lowest BCUT2D eigenvalue weighted by atomic mass is 10.0. The average molecular weight is 345 g/mol. The highest BCUT2D eigenvalue weighted by atomic mass is 79.9. The molecule has 0 amide bonds. The summed E-state index contributed by atoms with van der Waals surface area (Å²) >= 11 is 11.8. The zero-order chi connectivity index (χ0) is 13.3. The number of rotatable bonds is 3. The van der Waals surface area contributed by atoms with E-state index in [1.165, 1.54) is 15.3 Å². The van der Waals surface area contributed by atoms with Crippen molar-refractivity contribution in [2.75, 3.05) is 7.05 Å². The summed E-state index contributed by atoms with van der Waals surface area (Å²) in [5.41, 5.74) is 2.30. The average Bonchev–Trinajstić information content (AvgIpc) is 2.62. The van der Waals surface area contributed by atoms with Crippen molar-refractivity contribution in [3.05, 3.63) is 54.6 Å². The smallest absolute Gasteiger partial charge is 0.0694 e. The summed E-state index contributed by atoms with van der Waals surface area (Å²) in [6, 6.07) is 8.48. The molecule has 4 heteroatoms. The van der Waals surface area contributed by atoms with E-state index in [0.29, 0.717) is 0 Å². The number of hydrogen-bond donors (Lipinski definition) is 1. The molecule has 0 fully saturated rings. The molecule has 1 unspecified atom stereocenters. The minimum Gasteiger partial charge on any atom is -0.309 e. The molecule has 18 heavy (non-hydrogen) atoms. The van der Waals surface area contributed by atoms with Gasteiger partial charge in [-0.2, -0.15) is 0 Å². The van der Waals surface area contributed by atoms with Crippen LogP contribution in [0.3, 0.4) is 0 Å². The second kappa shape index (κ2) is 5.74. The van der Waals surface area contributed by atoms with Gasteiger partial charge in [0, 0.05) is 19.2 Å². The first-order valence-corrected chi connectivity index (χ1v) is 7.71. The predicted molar refractivity (Wildman–Crippen MR) is 83.8 cm³/mol. The van der Waals surface area contributed by atoms with Crippen molar-refractivity contribution in [1.82, 2.24) is 5.32 Å². The van der Waals surface area contributed by atoms with E-state index < -0.39 is 0 Å². The van der Waals surface area contributed by atoms with Crippen LogP contribution < -0.4 is 5.32 Å². The third kappa shape index (κ3) is 2.80. The lowest BCUT2D eigenvalue weighted by Crippen LogP contribution is -2.17. The Balaban J connectivity index is 2.48. The third-order valence-electron chi connectivity index (χ3n) is 2.85. The van der Waals surface area contributed by atoms with Crippen molar-refractivity contribution in [1.29, 1.82) is 0 Å². The van der Waals surface area contributed by atoms with Crippen molar-refractivity contribution in [2.45, 2.75) is 19.9 Å². The predicted octanol–water partition coefficient (Wildman–Crippen LogP) is 5.09. The summed E-state index contributed by atoms with van der Waals surface area (Å²) in [7, 11) is 1.96. The van der Waals surface area contributed by atoms with Crippen LogP contribution in [0.25, 0.3) is 0 Å². The quantitative estimate of drug-likeness (QED) is 0.818. The van der Waals surface area contributed by atoms with E-state index in [-0.39, 0.29) is 6.04 Å². The molecule has 2 rings (SSSR count). The molecule has 2 aromatic rings. The van der Waals surface area contributed by atoms with Gasteiger partial charge in [-0.3, -0.25) is 0 Å². The Hall–Kier alpha value is -0.350. The molecule has 0 aliphatic rings. The van der Waals surface area contributed by atoms with Crippen LogP contribution in [-0.4, -0.2) is 7.05 Å². The second-order valence-electron chi connectivity index (χ2n) is 4.32. The maximum atomic E-state index is 6.36. The fourth-order valence-corrected chi connectivity index (χ4v) is 4.35. The number of nitrogens with one attached hydrogen (secondary N) is 1. The van der Waals surface area contributed by atoms with Crippen molar-refractivity contribution >= 4 is 38.9 Å². The maximum absolute atomic E-state index is 6.36. The fraction of sp³-hybridized carbons (Fsp3) is 0.286. The molecule has 0 aliphatic heterocycles. The van der Waals surface area contributed by atoms with Crippen LogP contribution >= 0.6 is 38.9 Å². The summed E-state index contributed by atoms with van der Waals surface area (Å²) in [5, 5.41) is 4.16. The van der Waals surface area contributed by atoms with Gasteiger partial charge in [0.05, 0.1) is 6.04 Å². The van der Waals surface area contributed by atoms with Crippen LogP contribution in [0, 0.1) is 13.8 Å². The molecule has 0 spiro atoms.